The van der Waals surface area contributed by atoms with Crippen LogP contribution in [0.25, 0.3) is 0 Å². The van der Waals surface area contributed by atoms with Crippen LogP contribution >= 0.6 is 11.8 Å². The lowest BCUT2D eigenvalue weighted by molar-refractivity contribution is 0.102. The van der Waals surface area contributed by atoms with Crippen LogP contribution in [0.15, 0.2) is 59.8 Å². The molecule has 0 saturated carbocycles. The molecule has 2 aromatic carbocycles. The molecule has 1 aliphatic rings. The first-order chi connectivity index (χ1) is 18.8. The molecule has 0 atom stereocenters. The molecule has 5 rings (SSSR count). The van der Waals surface area contributed by atoms with E-state index in [2.05, 4.69) is 37.7 Å². The molecule has 10 nitrogen and oxygen atoms in total. The number of rotatable bonds is 8. The van der Waals surface area contributed by atoms with Crippen LogP contribution in [-0.4, -0.2) is 64.2 Å². The van der Waals surface area contributed by atoms with Crippen LogP contribution in [0.2, 0.25) is 0 Å². The van der Waals surface area contributed by atoms with Gasteiger partial charge in [0.25, 0.3) is 5.91 Å². The summed E-state index contributed by atoms with van der Waals surface area (Å²) in [5.74, 6) is 2.11. The second-order valence-electron chi connectivity index (χ2n) is 9.42. The Morgan fingerprint density at radius 3 is 2.51 bits per heavy atom. The topological polar surface area (TPSA) is 128 Å². The van der Waals surface area contributed by atoms with Crippen molar-refractivity contribution < 1.29 is 9.18 Å². The Morgan fingerprint density at radius 2 is 1.82 bits per heavy atom. The fraction of sp³-hybridized carbons (Fsp3) is 0.259. The lowest BCUT2D eigenvalue weighted by Crippen LogP contribution is -2.44. The first-order valence-electron chi connectivity index (χ1n) is 12.5. The summed E-state index contributed by atoms with van der Waals surface area (Å²) >= 11 is 1.52. The molecule has 2 aromatic heterocycles. The Bertz CT molecular complexity index is 1450. The number of nitrogen functional groups attached to an aromatic ring is 1. The number of H-pyrrole nitrogens is 1. The van der Waals surface area contributed by atoms with Crippen molar-refractivity contribution >= 4 is 46.5 Å². The van der Waals surface area contributed by atoms with Gasteiger partial charge in [-0.1, -0.05) is 23.9 Å². The first kappa shape index (κ1) is 26.4. The van der Waals surface area contributed by atoms with Gasteiger partial charge in [0.1, 0.15) is 17.5 Å². The van der Waals surface area contributed by atoms with Gasteiger partial charge < -0.3 is 26.2 Å². The highest BCUT2D eigenvalue weighted by atomic mass is 32.2. The monoisotopic (exact) mass is 547 g/mol. The number of aromatic amines is 1. The van der Waals surface area contributed by atoms with Gasteiger partial charge in [0.15, 0.2) is 11.0 Å². The number of halogens is 1. The number of likely N-dealkylation sites (N-methyl/N-ethyl adjacent to an activating group) is 1. The van der Waals surface area contributed by atoms with Crippen LogP contribution in [0.4, 0.5) is 33.2 Å². The molecule has 0 spiro atoms. The van der Waals surface area contributed by atoms with Crippen molar-refractivity contribution in [3.05, 3.63) is 77.2 Å². The Labute approximate surface area is 230 Å². The maximum absolute atomic E-state index is 13.3. The van der Waals surface area contributed by atoms with E-state index in [1.807, 2.05) is 31.2 Å². The van der Waals surface area contributed by atoms with Gasteiger partial charge in [-0.3, -0.25) is 9.89 Å². The molecule has 1 amide bonds. The molecule has 0 unspecified atom stereocenters. The molecular formula is C27H30FN9OS. The maximum atomic E-state index is 13.3. The van der Waals surface area contributed by atoms with Crippen LogP contribution in [-0.2, 0) is 5.75 Å². The van der Waals surface area contributed by atoms with E-state index in [4.69, 9.17) is 15.7 Å². The highest BCUT2D eigenvalue weighted by Crippen LogP contribution is 2.27. The lowest BCUT2D eigenvalue weighted by atomic mass is 10.1. The number of carbonyl (C=O) groups is 1. The molecule has 39 heavy (non-hydrogen) atoms. The van der Waals surface area contributed by atoms with Crippen LogP contribution < -0.4 is 21.3 Å². The number of anilines is 5. The van der Waals surface area contributed by atoms with Crippen molar-refractivity contribution in [1.82, 2.24) is 25.1 Å². The number of amides is 1. The average molecular weight is 548 g/mol. The molecule has 0 aliphatic carbocycles. The molecule has 0 bridgehead atoms. The predicted molar refractivity (Wildman–Crippen MR) is 153 cm³/mol. The highest BCUT2D eigenvalue weighted by Gasteiger charge is 2.18. The molecule has 1 fully saturated rings. The third-order valence-corrected chi connectivity index (χ3v) is 7.25. The fourth-order valence-electron chi connectivity index (χ4n) is 4.09. The normalized spacial score (nSPS) is 13.9. The number of thioether (sulfide) groups is 1. The zero-order chi connectivity index (χ0) is 27.4. The molecule has 1 aliphatic heterocycles. The van der Waals surface area contributed by atoms with E-state index in [1.54, 1.807) is 12.1 Å². The van der Waals surface area contributed by atoms with Crippen molar-refractivity contribution in [2.24, 2.45) is 0 Å². The number of nitrogens with zero attached hydrogens (tertiary/aromatic N) is 5. The summed E-state index contributed by atoms with van der Waals surface area (Å²) < 4.78 is 13.3. The average Bonchev–Trinajstić information content (AvgIpc) is 3.33. The summed E-state index contributed by atoms with van der Waals surface area (Å²) in [6.07, 6.45) is 0. The Morgan fingerprint density at radius 1 is 1.05 bits per heavy atom. The second kappa shape index (κ2) is 11.7. The van der Waals surface area contributed by atoms with Gasteiger partial charge >= 0.3 is 0 Å². The number of hydrogen-bond acceptors (Lipinski definition) is 9. The molecule has 0 radical (unpaired) electrons. The second-order valence-corrected chi connectivity index (χ2v) is 10.4. The SMILES string of the molecule is Cc1cc(Nc2cc(N3CCN(C)CC3)nc(SCc3ccc(C(=O)Nc4ccc(F)cc4N)cc3)n2)n[nH]1. The number of nitrogens with one attached hydrogen (secondary N) is 3. The summed E-state index contributed by atoms with van der Waals surface area (Å²) in [4.78, 5) is 26.8. The van der Waals surface area contributed by atoms with Crippen molar-refractivity contribution in [2.45, 2.75) is 17.8 Å². The number of benzene rings is 2. The van der Waals surface area contributed by atoms with E-state index in [9.17, 15) is 9.18 Å². The maximum Gasteiger partial charge on any atom is 0.255 e. The van der Waals surface area contributed by atoms with Crippen LogP contribution in [0, 0.1) is 12.7 Å². The minimum atomic E-state index is -0.454. The summed E-state index contributed by atoms with van der Waals surface area (Å²) in [5.41, 5.74) is 8.79. The highest BCUT2D eigenvalue weighted by molar-refractivity contribution is 7.98. The summed E-state index contributed by atoms with van der Waals surface area (Å²) in [6, 6.07) is 15.0. The Kier molecular flexibility index (Phi) is 7.94. The van der Waals surface area contributed by atoms with Crippen LogP contribution in [0.5, 0.6) is 0 Å². The minimum Gasteiger partial charge on any atom is -0.397 e. The number of aryl methyl sites for hydroxylation is 1. The van der Waals surface area contributed by atoms with Gasteiger partial charge in [-0.2, -0.15) is 5.10 Å². The Balaban J connectivity index is 1.27. The van der Waals surface area contributed by atoms with E-state index >= 15 is 0 Å². The third-order valence-electron chi connectivity index (χ3n) is 6.33. The van der Waals surface area contributed by atoms with E-state index in [-0.39, 0.29) is 11.6 Å². The zero-order valence-electron chi connectivity index (χ0n) is 21.7. The van der Waals surface area contributed by atoms with E-state index in [0.29, 0.717) is 33.8 Å². The molecule has 5 N–H and O–H groups in total. The van der Waals surface area contributed by atoms with Crippen LogP contribution in [0.1, 0.15) is 21.6 Å². The molecule has 3 heterocycles. The summed E-state index contributed by atoms with van der Waals surface area (Å²) in [6.45, 7) is 5.68. The van der Waals surface area contributed by atoms with Crippen molar-refractivity contribution in [3.8, 4) is 0 Å². The standard InChI is InChI=1S/C27H30FN9OS/c1-17-13-24(35-34-17)31-23-15-25(37-11-9-36(2)10-12-37)33-27(32-23)39-16-18-3-5-19(6-4-18)26(38)30-22-8-7-20(28)14-21(22)29/h3-8,13-15H,9-12,16,29H2,1-2H3,(H,30,38)(H2,31,32,33,34,35). The van der Waals surface area contributed by atoms with Gasteiger partial charge in [0, 0.05) is 55.3 Å². The first-order valence-corrected chi connectivity index (χ1v) is 13.5. The molecular weight excluding hydrogens is 517 g/mol. The van der Waals surface area contributed by atoms with Crippen molar-refractivity contribution in [1.29, 1.82) is 0 Å². The van der Waals surface area contributed by atoms with Crippen molar-refractivity contribution in [3.63, 3.8) is 0 Å². The lowest BCUT2D eigenvalue weighted by Gasteiger charge is -2.33. The van der Waals surface area contributed by atoms with Gasteiger partial charge in [-0.15, -0.1) is 0 Å². The van der Waals surface area contributed by atoms with Gasteiger partial charge in [0.05, 0.1) is 11.4 Å². The molecule has 1 saturated heterocycles. The number of aromatic nitrogens is 4. The summed E-state index contributed by atoms with van der Waals surface area (Å²) in [7, 11) is 2.12. The number of hydrogen-bond donors (Lipinski definition) is 4. The quantitative estimate of drug-likeness (QED) is 0.145. The smallest absolute Gasteiger partial charge is 0.255 e. The number of piperazine rings is 1. The van der Waals surface area contributed by atoms with Crippen LogP contribution in [0.3, 0.4) is 0 Å². The van der Waals surface area contributed by atoms with Gasteiger partial charge in [-0.05, 0) is 49.9 Å². The third kappa shape index (κ3) is 6.84. The fourth-order valence-corrected chi connectivity index (χ4v) is 4.90. The van der Waals surface area contributed by atoms with E-state index in [0.717, 1.165) is 43.3 Å². The predicted octanol–water partition coefficient (Wildman–Crippen LogP) is 4.27. The van der Waals surface area contributed by atoms with Gasteiger partial charge in [0.2, 0.25) is 0 Å². The minimum absolute atomic E-state index is 0.173. The summed E-state index contributed by atoms with van der Waals surface area (Å²) in [5, 5.41) is 13.9. The zero-order valence-corrected chi connectivity index (χ0v) is 22.6. The van der Waals surface area contributed by atoms with Crippen molar-refractivity contribution in [2.75, 3.05) is 54.5 Å². The molecule has 202 valence electrons. The van der Waals surface area contributed by atoms with Gasteiger partial charge in [-0.25, -0.2) is 14.4 Å². The molecule has 12 heteroatoms. The largest absolute Gasteiger partial charge is 0.397 e. The number of carbonyl (C=O) groups excluding carboxylic acids is 1. The van der Waals surface area contributed by atoms with E-state index in [1.165, 1.54) is 30.0 Å². The Hall–Kier alpha value is -4.16. The molecule has 4 aromatic rings. The van der Waals surface area contributed by atoms with E-state index < -0.39 is 5.82 Å². The number of nitrogens with two attached hydrogens (primary N) is 1.